The number of aromatic nitrogens is 1. The lowest BCUT2D eigenvalue weighted by Gasteiger charge is -2.43. The number of carbonyl (C=O) groups excluding carboxylic acids is 5. The van der Waals surface area contributed by atoms with Crippen molar-refractivity contribution in [3.63, 3.8) is 0 Å². The van der Waals surface area contributed by atoms with Crippen molar-refractivity contribution in [3.8, 4) is 0 Å². The van der Waals surface area contributed by atoms with E-state index in [1.807, 2.05) is 34.6 Å². The van der Waals surface area contributed by atoms with Gasteiger partial charge in [-0.25, -0.2) is 18.2 Å². The maximum absolute atomic E-state index is 15.0. The van der Waals surface area contributed by atoms with Crippen molar-refractivity contribution in [1.29, 1.82) is 0 Å². The van der Waals surface area contributed by atoms with E-state index in [0.717, 1.165) is 38.5 Å². The maximum atomic E-state index is 15.0. The third-order valence-corrected chi connectivity index (χ3v) is 15.0. The van der Waals surface area contributed by atoms with E-state index in [4.69, 9.17) is 0 Å². The average Bonchev–Trinajstić information content (AvgIpc) is 3.42. The van der Waals surface area contributed by atoms with Gasteiger partial charge in [-0.15, -0.1) is 0 Å². The molecule has 5 rings (SSSR count). The molecule has 3 saturated carbocycles. The normalized spacial score (nSPS) is 24.5. The molecule has 1 aromatic heterocycles. The van der Waals surface area contributed by atoms with Gasteiger partial charge >= 0.3 is 6.03 Å². The minimum Gasteiger partial charge on any atom is -0.349 e. The van der Waals surface area contributed by atoms with Gasteiger partial charge < -0.3 is 26.2 Å². The first kappa shape index (κ1) is 43.5. The Labute approximate surface area is 333 Å². The van der Waals surface area contributed by atoms with E-state index in [0.29, 0.717) is 38.8 Å². The predicted molar refractivity (Wildman–Crippen MR) is 212 cm³/mol. The Hall–Kier alpha value is -3.59. The van der Waals surface area contributed by atoms with Crippen LogP contribution >= 0.6 is 0 Å². The number of amides is 5. The molecule has 0 spiro atoms. The predicted octanol–water partition coefficient (Wildman–Crippen LogP) is 4.01. The average molecular weight is 800 g/mol. The fraction of sp³-hybridized carbons (Fsp3) is 0.756. The van der Waals surface area contributed by atoms with Crippen molar-refractivity contribution in [1.82, 2.24) is 35.5 Å². The fourth-order valence-electron chi connectivity index (χ4n) is 9.08. The highest BCUT2D eigenvalue weighted by Gasteiger charge is 2.70. The summed E-state index contributed by atoms with van der Waals surface area (Å²) in [5.74, 6) is -2.02. The summed E-state index contributed by atoms with van der Waals surface area (Å²) in [6.45, 7) is 14.4. The number of likely N-dealkylation sites (N-methyl/N-ethyl adjacent to an activating group) is 1. The van der Waals surface area contributed by atoms with Crippen molar-refractivity contribution in [2.45, 2.75) is 142 Å². The van der Waals surface area contributed by atoms with E-state index in [1.54, 1.807) is 17.0 Å². The zero-order valence-corrected chi connectivity index (χ0v) is 35.5. The number of urea groups is 1. The first-order valence-electron chi connectivity index (χ1n) is 20.6. The van der Waals surface area contributed by atoms with Gasteiger partial charge in [-0.2, -0.15) is 4.31 Å². The van der Waals surface area contributed by atoms with Crippen LogP contribution in [0.4, 0.5) is 4.79 Å². The largest absolute Gasteiger partial charge is 0.349 e. The van der Waals surface area contributed by atoms with Crippen molar-refractivity contribution in [2.75, 3.05) is 26.7 Å². The van der Waals surface area contributed by atoms with Gasteiger partial charge in [-0.3, -0.25) is 19.2 Å². The third kappa shape index (κ3) is 9.40. The Morgan fingerprint density at radius 3 is 2.23 bits per heavy atom. The molecule has 312 valence electrons. The van der Waals surface area contributed by atoms with Gasteiger partial charge in [0, 0.05) is 38.9 Å². The SMILES string of the molecule is CCCNC(=O)C(=O)C(CC1CCC1)NC(=O)[C@@H]1[C@@H]2[C@H](CN1C(=O)[C@@H](NC(=O)N[C@H](CN(C)S(=O)(=O)c1ccccn1)C(C)(C)C)C1(C)CCCCC1)C2(C)C. The highest BCUT2D eigenvalue weighted by atomic mass is 32.2. The van der Waals surface area contributed by atoms with Gasteiger partial charge in [0.1, 0.15) is 12.1 Å². The van der Waals surface area contributed by atoms with Crippen molar-refractivity contribution >= 4 is 39.6 Å². The standard InChI is InChI=1S/C41H65N7O7S/c1-9-21-43-36(51)33(49)28(23-26-16-15-17-26)44-35(50)32-31-27(40(31,5)6)24-48(32)37(52)34(41(7)19-12-10-13-20-41)46-38(53)45-29(39(2,3)4)25-47(8)56(54,55)30-18-11-14-22-42-30/h11,14,18,22,26-29,31-32,34H,9-10,12-13,15-17,19-21,23-25H2,1-8H3,(H,43,51)(H,44,50)(H2,45,46,53)/t27-,28?,29+,31-,32-,34+/m0/s1. The molecule has 4 N–H and O–H groups in total. The van der Waals surface area contributed by atoms with Crippen LogP contribution in [0.1, 0.15) is 113 Å². The number of carbonyl (C=O) groups is 5. The molecule has 1 aromatic rings. The van der Waals surface area contributed by atoms with Crippen molar-refractivity contribution in [3.05, 3.63) is 24.4 Å². The summed E-state index contributed by atoms with van der Waals surface area (Å²) in [4.78, 5) is 75.4. The Bertz CT molecular complexity index is 1720. The molecule has 4 aliphatic rings. The van der Waals surface area contributed by atoms with Gasteiger partial charge in [-0.1, -0.05) is 93.1 Å². The molecular weight excluding hydrogens is 735 g/mol. The molecule has 15 heteroatoms. The number of rotatable bonds is 16. The number of nitrogens with zero attached hydrogens (tertiary/aromatic N) is 3. The molecule has 4 fully saturated rings. The highest BCUT2D eigenvalue weighted by Crippen LogP contribution is 2.65. The number of hydrogen-bond acceptors (Lipinski definition) is 8. The summed E-state index contributed by atoms with van der Waals surface area (Å²) in [7, 11) is -2.50. The van der Waals surface area contributed by atoms with Gasteiger partial charge in [0.15, 0.2) is 5.03 Å². The first-order chi connectivity index (χ1) is 26.2. The van der Waals surface area contributed by atoms with E-state index in [2.05, 4.69) is 40.1 Å². The third-order valence-electron chi connectivity index (χ3n) is 13.3. The molecule has 1 aliphatic heterocycles. The maximum Gasteiger partial charge on any atom is 0.315 e. The van der Waals surface area contributed by atoms with Gasteiger partial charge in [-0.05, 0) is 71.8 Å². The van der Waals surface area contributed by atoms with Crippen molar-refractivity contribution in [2.24, 2.45) is 34.0 Å². The second-order valence-corrected chi connectivity index (χ2v) is 20.7. The summed E-state index contributed by atoms with van der Waals surface area (Å²) in [5, 5.41) is 11.5. The van der Waals surface area contributed by atoms with Gasteiger partial charge in [0.2, 0.25) is 17.6 Å². The molecule has 2 heterocycles. The summed E-state index contributed by atoms with van der Waals surface area (Å²) in [5.41, 5.74) is -1.39. The number of pyridine rings is 1. The minimum atomic E-state index is -3.95. The van der Waals surface area contributed by atoms with Crippen LogP contribution in [-0.4, -0.2) is 103 Å². The zero-order chi connectivity index (χ0) is 41.2. The summed E-state index contributed by atoms with van der Waals surface area (Å²) in [6.07, 6.45) is 9.55. The molecule has 1 saturated heterocycles. The van der Waals surface area contributed by atoms with E-state index in [1.165, 1.54) is 23.6 Å². The van der Waals surface area contributed by atoms with Crippen LogP contribution in [-0.2, 0) is 29.2 Å². The van der Waals surface area contributed by atoms with Crippen molar-refractivity contribution < 1.29 is 32.4 Å². The van der Waals surface area contributed by atoms with Gasteiger partial charge in [0.25, 0.3) is 15.9 Å². The summed E-state index contributed by atoms with van der Waals surface area (Å²) >= 11 is 0. The highest BCUT2D eigenvalue weighted by molar-refractivity contribution is 7.89. The zero-order valence-electron chi connectivity index (χ0n) is 34.7. The number of piperidine rings is 1. The molecule has 0 bridgehead atoms. The second-order valence-electron chi connectivity index (χ2n) is 18.7. The molecule has 0 radical (unpaired) electrons. The van der Waals surface area contributed by atoms with Crippen LogP contribution in [0.2, 0.25) is 0 Å². The van der Waals surface area contributed by atoms with Crippen LogP contribution < -0.4 is 21.3 Å². The molecule has 14 nitrogen and oxygen atoms in total. The topological polar surface area (TPSA) is 187 Å². The quantitative estimate of drug-likeness (QED) is 0.181. The van der Waals surface area contributed by atoms with E-state index in [-0.39, 0.29) is 40.6 Å². The van der Waals surface area contributed by atoms with Crippen LogP contribution in [0.15, 0.2) is 29.4 Å². The monoisotopic (exact) mass is 799 g/mol. The Morgan fingerprint density at radius 1 is 0.982 bits per heavy atom. The summed E-state index contributed by atoms with van der Waals surface area (Å²) < 4.78 is 27.9. The van der Waals surface area contributed by atoms with E-state index in [9.17, 15) is 32.4 Å². The number of fused-ring (bicyclic) bond motifs is 1. The molecule has 6 atom stereocenters. The molecule has 5 amide bonds. The van der Waals surface area contributed by atoms with E-state index < -0.39 is 68.6 Å². The minimum absolute atomic E-state index is 0.0459. The second kappa shape index (κ2) is 17.1. The van der Waals surface area contributed by atoms with Crippen LogP contribution in [0, 0.1) is 34.0 Å². The Kier molecular flexibility index (Phi) is 13.3. The molecule has 3 aliphatic carbocycles. The molecular formula is C41H65N7O7S. The number of ketones is 1. The summed E-state index contributed by atoms with van der Waals surface area (Å²) in [6, 6.07) is 0.569. The molecule has 1 unspecified atom stereocenters. The lowest BCUT2D eigenvalue weighted by Crippen LogP contribution is -2.63. The van der Waals surface area contributed by atoms with Gasteiger partial charge in [0.05, 0.1) is 6.04 Å². The number of nitrogens with one attached hydrogen (secondary N) is 4. The van der Waals surface area contributed by atoms with Crippen LogP contribution in [0.25, 0.3) is 0 Å². The smallest absolute Gasteiger partial charge is 0.315 e. The number of hydrogen-bond donors (Lipinski definition) is 4. The number of likely N-dealkylation sites (tertiary alicyclic amines) is 1. The van der Waals surface area contributed by atoms with Crippen LogP contribution in [0.5, 0.6) is 0 Å². The van der Waals surface area contributed by atoms with E-state index >= 15 is 0 Å². The first-order valence-corrected chi connectivity index (χ1v) is 22.0. The molecule has 56 heavy (non-hydrogen) atoms. The fourth-order valence-corrected chi connectivity index (χ4v) is 10.2. The Morgan fingerprint density at radius 2 is 1.66 bits per heavy atom. The number of Topliss-reactive ketones (excluding diaryl/α,β-unsaturated/α-hetero) is 1. The lowest BCUT2D eigenvalue weighted by molar-refractivity contribution is -0.146. The van der Waals surface area contributed by atoms with Crippen LogP contribution in [0.3, 0.4) is 0 Å². The Balaban J connectivity index is 1.38. The lowest BCUT2D eigenvalue weighted by atomic mass is 9.70. The number of sulfonamides is 1. The molecule has 0 aromatic carbocycles.